The molecule has 1 aliphatic rings. The molecule has 0 aliphatic carbocycles. The van der Waals surface area contributed by atoms with Gasteiger partial charge in [0.2, 0.25) is 0 Å². The number of hydrogen-bond donors (Lipinski definition) is 0. The van der Waals surface area contributed by atoms with Gasteiger partial charge in [0.1, 0.15) is 0 Å². The van der Waals surface area contributed by atoms with Gasteiger partial charge in [-0.25, -0.2) is 0 Å². The van der Waals surface area contributed by atoms with E-state index >= 15 is 0 Å². The standard InChI is InChI=1S/C13H21NSi/c1-14-10-7-11-15(2,3)13(14)12-8-5-4-6-9-12/h4-6,8-9,13H,7,10-11H2,1-3H3. The lowest BCUT2D eigenvalue weighted by atomic mass is 10.2. The lowest BCUT2D eigenvalue weighted by Gasteiger charge is -2.44. The Morgan fingerprint density at radius 3 is 2.47 bits per heavy atom. The van der Waals surface area contributed by atoms with Crippen LogP contribution in [0.5, 0.6) is 0 Å². The van der Waals surface area contributed by atoms with E-state index in [0.29, 0.717) is 5.67 Å². The van der Waals surface area contributed by atoms with Crippen LogP contribution in [0.2, 0.25) is 19.1 Å². The molecule has 2 rings (SSSR count). The third kappa shape index (κ3) is 2.16. The molecular formula is C13H21NSi. The molecule has 1 unspecified atom stereocenters. The van der Waals surface area contributed by atoms with Crippen molar-refractivity contribution in [2.45, 2.75) is 31.2 Å². The van der Waals surface area contributed by atoms with Crippen LogP contribution in [0.4, 0.5) is 0 Å². The Morgan fingerprint density at radius 1 is 1.20 bits per heavy atom. The zero-order chi connectivity index (χ0) is 10.9. The molecule has 82 valence electrons. The second-order valence-electron chi connectivity index (χ2n) is 5.39. The second-order valence-corrected chi connectivity index (χ2v) is 10.4. The molecule has 0 spiro atoms. The first-order chi connectivity index (χ1) is 7.11. The Hall–Kier alpha value is -0.603. The van der Waals surface area contributed by atoms with E-state index in [9.17, 15) is 0 Å². The number of benzene rings is 1. The highest BCUT2D eigenvalue weighted by Crippen LogP contribution is 2.36. The van der Waals surface area contributed by atoms with Crippen molar-refractivity contribution in [2.75, 3.05) is 13.6 Å². The van der Waals surface area contributed by atoms with Crippen molar-refractivity contribution in [3.05, 3.63) is 35.9 Å². The summed E-state index contributed by atoms with van der Waals surface area (Å²) in [5.74, 6) is 0. The molecule has 1 atom stereocenters. The molecule has 2 heteroatoms. The summed E-state index contributed by atoms with van der Waals surface area (Å²) in [5.41, 5.74) is 2.24. The third-order valence-electron chi connectivity index (χ3n) is 3.63. The summed E-state index contributed by atoms with van der Waals surface area (Å²) in [7, 11) is 1.19. The van der Waals surface area contributed by atoms with Gasteiger partial charge < -0.3 is 4.90 Å². The quantitative estimate of drug-likeness (QED) is 0.655. The molecule has 0 aromatic heterocycles. The fourth-order valence-corrected chi connectivity index (χ4v) is 6.75. The van der Waals surface area contributed by atoms with Crippen LogP contribution in [0.3, 0.4) is 0 Å². The van der Waals surface area contributed by atoms with E-state index in [4.69, 9.17) is 0 Å². The maximum Gasteiger partial charge on any atom is 0.0725 e. The van der Waals surface area contributed by atoms with Gasteiger partial charge in [-0.05, 0) is 25.6 Å². The van der Waals surface area contributed by atoms with Crippen molar-refractivity contribution in [2.24, 2.45) is 0 Å². The minimum Gasteiger partial charge on any atom is -0.302 e. The van der Waals surface area contributed by atoms with E-state index in [2.05, 4.69) is 55.4 Å². The molecule has 0 saturated carbocycles. The topological polar surface area (TPSA) is 3.24 Å². The van der Waals surface area contributed by atoms with Crippen LogP contribution in [-0.2, 0) is 0 Å². The van der Waals surface area contributed by atoms with Crippen LogP contribution in [-0.4, -0.2) is 26.6 Å². The summed E-state index contributed by atoms with van der Waals surface area (Å²) < 4.78 is 0. The van der Waals surface area contributed by atoms with Crippen molar-refractivity contribution in [3.63, 3.8) is 0 Å². The van der Waals surface area contributed by atoms with E-state index in [1.54, 1.807) is 0 Å². The van der Waals surface area contributed by atoms with Crippen molar-refractivity contribution < 1.29 is 0 Å². The predicted octanol–water partition coefficient (Wildman–Crippen LogP) is 3.31. The molecule has 0 N–H and O–H groups in total. The minimum atomic E-state index is -1.10. The van der Waals surface area contributed by atoms with Crippen molar-refractivity contribution in [3.8, 4) is 0 Å². The van der Waals surface area contributed by atoms with Crippen LogP contribution in [0, 0.1) is 0 Å². The molecule has 0 radical (unpaired) electrons. The molecule has 1 nitrogen and oxygen atoms in total. The Bertz CT molecular complexity index is 321. The minimum absolute atomic E-state index is 0.715. The SMILES string of the molecule is CN1CCC[Si](C)(C)C1c1ccccc1. The molecule has 1 aliphatic heterocycles. The average Bonchev–Trinajstić information content (AvgIpc) is 2.17. The van der Waals surface area contributed by atoms with Gasteiger partial charge in [-0.1, -0.05) is 49.5 Å². The smallest absolute Gasteiger partial charge is 0.0725 e. The van der Waals surface area contributed by atoms with Gasteiger partial charge in [-0.3, -0.25) is 0 Å². The molecule has 0 amide bonds. The van der Waals surface area contributed by atoms with Gasteiger partial charge in [0.25, 0.3) is 0 Å². The van der Waals surface area contributed by atoms with Crippen LogP contribution < -0.4 is 0 Å². The van der Waals surface area contributed by atoms with Crippen LogP contribution in [0.15, 0.2) is 30.3 Å². The van der Waals surface area contributed by atoms with Gasteiger partial charge in [0.05, 0.1) is 8.07 Å². The normalized spacial score (nSPS) is 26.5. The highest BCUT2D eigenvalue weighted by atomic mass is 28.3. The Morgan fingerprint density at radius 2 is 1.87 bits per heavy atom. The lowest BCUT2D eigenvalue weighted by Crippen LogP contribution is -2.48. The highest BCUT2D eigenvalue weighted by Gasteiger charge is 2.38. The zero-order valence-corrected chi connectivity index (χ0v) is 11.0. The first-order valence-electron chi connectivity index (χ1n) is 5.86. The largest absolute Gasteiger partial charge is 0.302 e. The fourth-order valence-electron chi connectivity index (χ4n) is 2.99. The summed E-state index contributed by atoms with van der Waals surface area (Å²) in [4.78, 5) is 2.56. The van der Waals surface area contributed by atoms with Crippen molar-refractivity contribution in [1.82, 2.24) is 4.90 Å². The summed E-state index contributed by atoms with van der Waals surface area (Å²) >= 11 is 0. The maximum absolute atomic E-state index is 2.56. The number of hydrogen-bond acceptors (Lipinski definition) is 1. The van der Waals surface area contributed by atoms with Gasteiger partial charge in [0, 0.05) is 5.67 Å². The molecule has 1 saturated heterocycles. The molecule has 1 aromatic rings. The monoisotopic (exact) mass is 219 g/mol. The summed E-state index contributed by atoms with van der Waals surface area (Å²) in [6.07, 6.45) is 1.39. The highest BCUT2D eigenvalue weighted by molar-refractivity contribution is 6.78. The first-order valence-corrected chi connectivity index (χ1v) is 9.15. The molecule has 1 aromatic carbocycles. The van der Waals surface area contributed by atoms with Gasteiger partial charge in [-0.2, -0.15) is 0 Å². The summed E-state index contributed by atoms with van der Waals surface area (Å²) in [5, 5.41) is 0. The molecule has 1 fully saturated rings. The summed E-state index contributed by atoms with van der Waals surface area (Å²) in [6.45, 7) is 6.32. The molecule has 15 heavy (non-hydrogen) atoms. The molecular weight excluding hydrogens is 198 g/mol. The van der Waals surface area contributed by atoms with E-state index < -0.39 is 8.07 Å². The van der Waals surface area contributed by atoms with E-state index in [1.807, 2.05) is 0 Å². The van der Waals surface area contributed by atoms with Gasteiger partial charge >= 0.3 is 0 Å². The molecule has 1 heterocycles. The van der Waals surface area contributed by atoms with Crippen LogP contribution >= 0.6 is 0 Å². The second kappa shape index (κ2) is 4.10. The van der Waals surface area contributed by atoms with E-state index in [-0.39, 0.29) is 0 Å². The number of rotatable bonds is 1. The summed E-state index contributed by atoms with van der Waals surface area (Å²) in [6, 6.07) is 12.5. The predicted molar refractivity (Wildman–Crippen MR) is 68.7 cm³/mol. The zero-order valence-electron chi connectivity index (χ0n) is 10.0. The van der Waals surface area contributed by atoms with Crippen molar-refractivity contribution >= 4 is 8.07 Å². The van der Waals surface area contributed by atoms with E-state index in [1.165, 1.54) is 24.6 Å². The van der Waals surface area contributed by atoms with Crippen LogP contribution in [0.1, 0.15) is 17.6 Å². The van der Waals surface area contributed by atoms with E-state index in [0.717, 1.165) is 0 Å². The fraction of sp³-hybridized carbons (Fsp3) is 0.538. The van der Waals surface area contributed by atoms with Crippen molar-refractivity contribution in [1.29, 1.82) is 0 Å². The third-order valence-corrected chi connectivity index (χ3v) is 7.53. The van der Waals surface area contributed by atoms with Gasteiger partial charge in [0.15, 0.2) is 0 Å². The lowest BCUT2D eigenvalue weighted by molar-refractivity contribution is 0.284. The number of nitrogens with zero attached hydrogens (tertiary/aromatic N) is 1. The Balaban J connectivity index is 2.32. The Kier molecular flexibility index (Phi) is 2.98. The van der Waals surface area contributed by atoms with Crippen LogP contribution in [0.25, 0.3) is 0 Å². The average molecular weight is 219 g/mol. The Labute approximate surface area is 94.1 Å². The molecule has 0 bridgehead atoms. The first kappa shape index (κ1) is 10.9. The maximum atomic E-state index is 2.56. The van der Waals surface area contributed by atoms with Gasteiger partial charge in [-0.15, -0.1) is 0 Å².